The highest BCUT2D eigenvalue weighted by Gasteiger charge is 2.13. The van der Waals surface area contributed by atoms with Crippen LogP contribution in [-0.2, 0) is 6.42 Å². The zero-order valence-corrected chi connectivity index (χ0v) is 11.7. The maximum absolute atomic E-state index is 11.8. The van der Waals surface area contributed by atoms with Crippen LogP contribution in [0.4, 0.5) is 0 Å². The Bertz CT molecular complexity index is 615. The van der Waals surface area contributed by atoms with Crippen LogP contribution >= 0.6 is 11.6 Å². The van der Waals surface area contributed by atoms with Crippen molar-refractivity contribution < 1.29 is 0 Å². The zero-order chi connectivity index (χ0) is 13.3. The van der Waals surface area contributed by atoms with Crippen molar-refractivity contribution in [2.24, 2.45) is 5.92 Å². The molecule has 1 atom stereocenters. The second kappa shape index (κ2) is 5.15. The second-order valence-corrected chi connectivity index (χ2v) is 5.44. The van der Waals surface area contributed by atoms with Gasteiger partial charge >= 0.3 is 0 Å². The van der Waals surface area contributed by atoms with Gasteiger partial charge in [-0.1, -0.05) is 32.9 Å². The molecule has 1 N–H and O–H groups in total. The van der Waals surface area contributed by atoms with Crippen LogP contribution in [0, 0.1) is 5.92 Å². The van der Waals surface area contributed by atoms with E-state index in [1.165, 1.54) is 0 Å². The van der Waals surface area contributed by atoms with Crippen LogP contribution in [0.15, 0.2) is 29.1 Å². The summed E-state index contributed by atoms with van der Waals surface area (Å²) in [5.74, 6) is 0.366. The summed E-state index contributed by atoms with van der Waals surface area (Å²) in [7, 11) is 0. The molecule has 1 unspecified atom stereocenters. The first-order chi connectivity index (χ1) is 8.52. The van der Waals surface area contributed by atoms with Crippen LogP contribution in [0.1, 0.15) is 37.3 Å². The lowest BCUT2D eigenvalue weighted by molar-refractivity contribution is 0.624. The van der Waals surface area contributed by atoms with Gasteiger partial charge in [-0.25, -0.2) is 0 Å². The van der Waals surface area contributed by atoms with Gasteiger partial charge in [0.25, 0.3) is 5.56 Å². The Morgan fingerprint density at radius 1 is 1.28 bits per heavy atom. The quantitative estimate of drug-likeness (QED) is 0.834. The Labute approximate surface area is 112 Å². The normalized spacial score (nSPS) is 13.2. The number of fused-ring (bicyclic) bond motifs is 1. The van der Waals surface area contributed by atoms with E-state index < -0.39 is 0 Å². The van der Waals surface area contributed by atoms with Gasteiger partial charge in [-0.05, 0) is 35.4 Å². The summed E-state index contributed by atoms with van der Waals surface area (Å²) in [6.07, 6.45) is 0.747. The first-order valence-electron chi connectivity index (χ1n) is 6.33. The lowest BCUT2D eigenvalue weighted by atomic mass is 10.0. The Morgan fingerprint density at radius 3 is 2.61 bits per heavy atom. The molecular weight excluding hydrogens is 246 g/mol. The number of hydrogen-bond donors (Lipinski definition) is 1. The Hall–Kier alpha value is -1.28. The highest BCUT2D eigenvalue weighted by atomic mass is 35.5. The van der Waals surface area contributed by atoms with Crippen molar-refractivity contribution in [3.05, 3.63) is 45.7 Å². The van der Waals surface area contributed by atoms with Crippen LogP contribution in [0.25, 0.3) is 10.9 Å². The minimum Gasteiger partial charge on any atom is -0.322 e. The van der Waals surface area contributed by atoms with E-state index in [2.05, 4.69) is 18.8 Å². The van der Waals surface area contributed by atoms with Gasteiger partial charge in [0, 0.05) is 11.1 Å². The molecule has 0 radical (unpaired) electrons. The number of pyridine rings is 1. The van der Waals surface area contributed by atoms with E-state index in [0.717, 1.165) is 28.5 Å². The summed E-state index contributed by atoms with van der Waals surface area (Å²) in [5, 5.41) is 1.03. The molecule has 96 valence electrons. The Kier molecular flexibility index (Phi) is 3.76. The molecule has 3 heteroatoms. The number of aromatic nitrogens is 1. The number of halogens is 1. The summed E-state index contributed by atoms with van der Waals surface area (Å²) in [6, 6.07) is 8.00. The van der Waals surface area contributed by atoms with E-state index in [1.807, 2.05) is 31.2 Å². The summed E-state index contributed by atoms with van der Waals surface area (Å²) < 4.78 is 0. The Morgan fingerprint density at radius 2 is 2.00 bits per heavy atom. The van der Waals surface area contributed by atoms with Crippen molar-refractivity contribution in [1.82, 2.24) is 4.98 Å². The third-order valence-corrected chi connectivity index (χ3v) is 3.99. The van der Waals surface area contributed by atoms with E-state index in [9.17, 15) is 4.79 Å². The predicted molar refractivity (Wildman–Crippen MR) is 77.4 cm³/mol. The third-order valence-electron chi connectivity index (χ3n) is 3.23. The molecule has 2 nitrogen and oxygen atoms in total. The predicted octanol–water partition coefficient (Wildman–Crippen LogP) is 4.03. The van der Waals surface area contributed by atoms with Gasteiger partial charge in [0.1, 0.15) is 0 Å². The fourth-order valence-corrected chi connectivity index (χ4v) is 2.22. The van der Waals surface area contributed by atoms with E-state index in [-0.39, 0.29) is 10.9 Å². The largest absolute Gasteiger partial charge is 0.322 e. The molecule has 18 heavy (non-hydrogen) atoms. The molecule has 0 saturated carbocycles. The molecule has 1 heterocycles. The van der Waals surface area contributed by atoms with Crippen molar-refractivity contribution in [3.63, 3.8) is 0 Å². The molecule has 2 rings (SSSR count). The Balaban J connectivity index is 2.56. The summed E-state index contributed by atoms with van der Waals surface area (Å²) in [5.41, 5.74) is 2.74. The molecule has 0 aliphatic carbocycles. The number of aromatic amines is 1. The monoisotopic (exact) mass is 263 g/mol. The van der Waals surface area contributed by atoms with Gasteiger partial charge in [0.15, 0.2) is 0 Å². The SMILES string of the molecule is CCc1cc2ccc(C(Cl)C(C)C)cc2[nH]c1=O. The molecule has 1 aromatic heterocycles. The van der Waals surface area contributed by atoms with Gasteiger partial charge < -0.3 is 4.98 Å². The number of benzene rings is 1. The maximum Gasteiger partial charge on any atom is 0.251 e. The van der Waals surface area contributed by atoms with Crippen molar-refractivity contribution >= 4 is 22.5 Å². The molecule has 0 amide bonds. The van der Waals surface area contributed by atoms with E-state index in [0.29, 0.717) is 5.92 Å². The number of aryl methyl sites for hydroxylation is 1. The van der Waals surface area contributed by atoms with E-state index in [1.54, 1.807) is 0 Å². The van der Waals surface area contributed by atoms with Gasteiger partial charge in [-0.2, -0.15) is 0 Å². The molecule has 0 saturated heterocycles. The number of rotatable bonds is 3. The van der Waals surface area contributed by atoms with E-state index in [4.69, 9.17) is 11.6 Å². The van der Waals surface area contributed by atoms with Gasteiger partial charge in [-0.15, -0.1) is 11.6 Å². The first-order valence-corrected chi connectivity index (χ1v) is 6.76. The number of alkyl halides is 1. The smallest absolute Gasteiger partial charge is 0.251 e. The van der Waals surface area contributed by atoms with Crippen molar-refractivity contribution in [2.45, 2.75) is 32.6 Å². The molecule has 2 aromatic rings. The summed E-state index contributed by atoms with van der Waals surface area (Å²) >= 11 is 6.35. The van der Waals surface area contributed by atoms with Crippen LogP contribution in [0.5, 0.6) is 0 Å². The standard InChI is InChI=1S/C15H18ClNO/c1-4-10-7-11-5-6-12(14(16)9(2)3)8-13(11)17-15(10)18/h5-9,14H,4H2,1-3H3,(H,17,18). The molecule has 0 spiro atoms. The minimum atomic E-state index is -0.0243. The molecule has 0 bridgehead atoms. The summed E-state index contributed by atoms with van der Waals surface area (Å²) in [6.45, 7) is 6.16. The van der Waals surface area contributed by atoms with Gasteiger partial charge in [0.2, 0.25) is 0 Å². The van der Waals surface area contributed by atoms with Crippen LogP contribution < -0.4 is 5.56 Å². The third kappa shape index (κ3) is 2.44. The van der Waals surface area contributed by atoms with Gasteiger partial charge in [0.05, 0.1) is 5.38 Å². The maximum atomic E-state index is 11.8. The fourth-order valence-electron chi connectivity index (χ4n) is 2.08. The number of hydrogen-bond acceptors (Lipinski definition) is 1. The van der Waals surface area contributed by atoms with Crippen molar-refractivity contribution in [3.8, 4) is 0 Å². The molecular formula is C15H18ClNO. The first kappa shape index (κ1) is 13.2. The van der Waals surface area contributed by atoms with E-state index >= 15 is 0 Å². The average molecular weight is 264 g/mol. The van der Waals surface area contributed by atoms with Crippen molar-refractivity contribution in [1.29, 1.82) is 0 Å². The van der Waals surface area contributed by atoms with Crippen LogP contribution in [0.2, 0.25) is 0 Å². The minimum absolute atomic E-state index is 0.00202. The topological polar surface area (TPSA) is 32.9 Å². The number of nitrogens with one attached hydrogen (secondary N) is 1. The molecule has 1 aromatic carbocycles. The highest BCUT2D eigenvalue weighted by molar-refractivity contribution is 6.21. The summed E-state index contributed by atoms with van der Waals surface area (Å²) in [4.78, 5) is 14.7. The van der Waals surface area contributed by atoms with Crippen LogP contribution in [0.3, 0.4) is 0 Å². The highest BCUT2D eigenvalue weighted by Crippen LogP contribution is 2.30. The fraction of sp³-hybridized carbons (Fsp3) is 0.400. The average Bonchev–Trinajstić information content (AvgIpc) is 2.36. The zero-order valence-electron chi connectivity index (χ0n) is 11.0. The lowest BCUT2D eigenvalue weighted by Gasteiger charge is -2.14. The molecule has 0 fully saturated rings. The molecule has 0 aliphatic heterocycles. The van der Waals surface area contributed by atoms with Gasteiger partial charge in [-0.3, -0.25) is 4.79 Å². The number of H-pyrrole nitrogens is 1. The molecule has 0 aliphatic rings. The lowest BCUT2D eigenvalue weighted by Crippen LogP contribution is -2.11. The second-order valence-electron chi connectivity index (χ2n) is 4.97. The van der Waals surface area contributed by atoms with Crippen molar-refractivity contribution in [2.75, 3.05) is 0 Å². The van der Waals surface area contributed by atoms with Crippen LogP contribution in [-0.4, -0.2) is 4.98 Å².